The molecule has 24 heavy (non-hydrogen) atoms. The van der Waals surface area contributed by atoms with Crippen LogP contribution in [0.2, 0.25) is 5.02 Å². The van der Waals surface area contributed by atoms with Crippen LogP contribution in [0.5, 0.6) is 0 Å². The lowest BCUT2D eigenvalue weighted by molar-refractivity contribution is -0.120. The minimum Gasteiger partial charge on any atom is -0.370 e. The third kappa shape index (κ3) is 2.26. The zero-order valence-corrected chi connectivity index (χ0v) is 13.1. The van der Waals surface area contributed by atoms with Gasteiger partial charge in [0.05, 0.1) is 0 Å². The Morgan fingerprint density at radius 1 is 1.08 bits per heavy atom. The van der Waals surface area contributed by atoms with Gasteiger partial charge in [-0.15, -0.1) is 0 Å². The number of nitrogens with two attached hydrogens (primary N) is 1. The lowest BCUT2D eigenvalue weighted by Crippen LogP contribution is -2.49. The van der Waals surface area contributed by atoms with E-state index in [4.69, 9.17) is 17.3 Å². The molecular weight excluding hydrogens is 328 g/mol. The molecule has 7 nitrogen and oxygen atoms in total. The predicted octanol–water partition coefficient (Wildman–Crippen LogP) is 1.83. The Hall–Kier alpha value is -3.06. The van der Waals surface area contributed by atoms with Gasteiger partial charge in [-0.3, -0.25) is 10.1 Å². The Labute approximate surface area is 142 Å². The fourth-order valence-electron chi connectivity index (χ4n) is 2.75. The topological polar surface area (TPSA) is 104 Å². The lowest BCUT2D eigenvalue weighted by Gasteiger charge is -2.26. The Morgan fingerprint density at radius 2 is 1.92 bits per heavy atom. The van der Waals surface area contributed by atoms with Crippen LogP contribution in [0, 0.1) is 0 Å². The van der Waals surface area contributed by atoms with Crippen molar-refractivity contribution in [3.05, 3.63) is 59.1 Å². The molecule has 4 rings (SSSR count). The number of benzene rings is 2. The summed E-state index contributed by atoms with van der Waals surface area (Å²) < 4.78 is 0. The molecule has 1 atom stereocenters. The zero-order chi connectivity index (χ0) is 16.7. The number of carbonyl (C=O) groups excluding carboxylic acids is 1. The average Bonchev–Trinajstić information content (AvgIpc) is 2.79. The SMILES string of the molecule is NC1=NC2(N=C(Nc3cccc(Cl)c3)N1)C(=O)Nc1ccccc12. The summed E-state index contributed by atoms with van der Waals surface area (Å²) >= 11 is 5.99. The van der Waals surface area contributed by atoms with E-state index in [9.17, 15) is 4.79 Å². The number of hydrogen-bond donors (Lipinski definition) is 4. The quantitative estimate of drug-likeness (QED) is 0.635. The summed E-state index contributed by atoms with van der Waals surface area (Å²) in [5.74, 6) is 0.0662. The van der Waals surface area contributed by atoms with Crippen LogP contribution in [0.4, 0.5) is 11.4 Å². The van der Waals surface area contributed by atoms with Gasteiger partial charge in [0.1, 0.15) is 0 Å². The molecule has 0 bridgehead atoms. The van der Waals surface area contributed by atoms with E-state index >= 15 is 0 Å². The molecule has 0 fully saturated rings. The maximum absolute atomic E-state index is 12.5. The van der Waals surface area contributed by atoms with Crippen molar-refractivity contribution in [3.63, 3.8) is 0 Å². The van der Waals surface area contributed by atoms with Crippen LogP contribution in [0.15, 0.2) is 58.5 Å². The second-order valence-electron chi connectivity index (χ2n) is 5.39. The first kappa shape index (κ1) is 14.5. The van der Waals surface area contributed by atoms with Crippen LogP contribution < -0.4 is 21.7 Å². The first-order chi connectivity index (χ1) is 11.6. The Balaban J connectivity index is 1.77. The molecule has 1 spiro atoms. The molecule has 0 aliphatic carbocycles. The Kier molecular flexibility index (Phi) is 3.17. The third-order valence-electron chi connectivity index (χ3n) is 3.76. The van der Waals surface area contributed by atoms with Gasteiger partial charge in [-0.2, -0.15) is 0 Å². The van der Waals surface area contributed by atoms with E-state index in [0.717, 1.165) is 0 Å². The summed E-state index contributed by atoms with van der Waals surface area (Å²) in [6.07, 6.45) is 0. The van der Waals surface area contributed by atoms with Crippen molar-refractivity contribution in [2.24, 2.45) is 15.7 Å². The normalized spacial score (nSPS) is 21.5. The molecule has 2 aromatic carbocycles. The van der Waals surface area contributed by atoms with Crippen molar-refractivity contribution < 1.29 is 4.79 Å². The van der Waals surface area contributed by atoms with Crippen molar-refractivity contribution >= 4 is 40.8 Å². The van der Waals surface area contributed by atoms with Crippen LogP contribution in [0.1, 0.15) is 5.56 Å². The molecule has 120 valence electrons. The van der Waals surface area contributed by atoms with E-state index in [-0.39, 0.29) is 11.9 Å². The Morgan fingerprint density at radius 3 is 2.75 bits per heavy atom. The molecule has 2 aliphatic heterocycles. The highest BCUT2D eigenvalue weighted by Crippen LogP contribution is 2.40. The van der Waals surface area contributed by atoms with Crippen LogP contribution in [0.3, 0.4) is 0 Å². The predicted molar refractivity (Wildman–Crippen MR) is 94.0 cm³/mol. The van der Waals surface area contributed by atoms with Gasteiger partial charge >= 0.3 is 0 Å². The number of guanidine groups is 2. The van der Waals surface area contributed by atoms with Gasteiger partial charge in [-0.05, 0) is 24.3 Å². The van der Waals surface area contributed by atoms with Crippen molar-refractivity contribution in [3.8, 4) is 0 Å². The number of nitrogens with one attached hydrogen (secondary N) is 3. The maximum atomic E-state index is 12.5. The summed E-state index contributed by atoms with van der Waals surface area (Å²) in [5, 5.41) is 9.27. The molecule has 1 amide bonds. The summed E-state index contributed by atoms with van der Waals surface area (Å²) in [6, 6.07) is 14.4. The monoisotopic (exact) mass is 340 g/mol. The third-order valence-corrected chi connectivity index (χ3v) is 3.99. The van der Waals surface area contributed by atoms with Crippen molar-refractivity contribution in [2.45, 2.75) is 5.66 Å². The van der Waals surface area contributed by atoms with Gasteiger partial charge < -0.3 is 16.4 Å². The number of aliphatic imine (C=N–C) groups is 2. The molecule has 5 N–H and O–H groups in total. The molecule has 2 aliphatic rings. The molecule has 2 aromatic rings. The second-order valence-corrected chi connectivity index (χ2v) is 5.83. The fourth-order valence-corrected chi connectivity index (χ4v) is 2.94. The molecule has 2 heterocycles. The van der Waals surface area contributed by atoms with Gasteiger partial charge in [-0.25, -0.2) is 9.98 Å². The number of para-hydroxylation sites is 1. The molecule has 0 aromatic heterocycles. The van der Waals surface area contributed by atoms with E-state index in [0.29, 0.717) is 27.9 Å². The van der Waals surface area contributed by atoms with E-state index in [1.54, 1.807) is 30.3 Å². The number of anilines is 2. The van der Waals surface area contributed by atoms with Crippen LogP contribution in [-0.2, 0) is 10.5 Å². The van der Waals surface area contributed by atoms with Crippen LogP contribution >= 0.6 is 11.6 Å². The highest BCUT2D eigenvalue weighted by atomic mass is 35.5. The molecule has 1 unspecified atom stereocenters. The average molecular weight is 341 g/mol. The summed E-state index contributed by atoms with van der Waals surface area (Å²) in [5.41, 5.74) is 6.51. The van der Waals surface area contributed by atoms with Crippen molar-refractivity contribution in [1.82, 2.24) is 5.32 Å². The largest absolute Gasteiger partial charge is 0.370 e. The number of fused-ring (bicyclic) bond motifs is 2. The van der Waals surface area contributed by atoms with Gasteiger partial charge in [0.25, 0.3) is 11.6 Å². The number of hydrogen-bond acceptors (Lipinski definition) is 6. The minimum atomic E-state index is -1.42. The maximum Gasteiger partial charge on any atom is 0.280 e. The summed E-state index contributed by atoms with van der Waals surface area (Å²) in [4.78, 5) is 21.3. The molecule has 0 saturated carbocycles. The number of nitrogens with zero attached hydrogens (tertiary/aromatic N) is 2. The number of rotatable bonds is 1. The zero-order valence-electron chi connectivity index (χ0n) is 12.4. The first-order valence-corrected chi connectivity index (χ1v) is 7.60. The lowest BCUT2D eigenvalue weighted by atomic mass is 10.0. The van der Waals surface area contributed by atoms with E-state index in [1.165, 1.54) is 0 Å². The highest BCUT2D eigenvalue weighted by Gasteiger charge is 2.49. The first-order valence-electron chi connectivity index (χ1n) is 7.22. The summed E-state index contributed by atoms with van der Waals surface area (Å²) in [6.45, 7) is 0. The molecule has 0 radical (unpaired) electrons. The minimum absolute atomic E-state index is 0.0985. The second kappa shape index (κ2) is 5.24. The standard InChI is InChI=1S/C16H13ClN6O/c17-9-4-3-5-10(8-9)19-15-21-14(18)22-16(23-15)11-6-1-2-7-12(11)20-13(16)24/h1-8H,(H,20,24)(H4,18,19,21,22,23). The van der Waals surface area contributed by atoms with Gasteiger partial charge in [0.15, 0.2) is 5.96 Å². The number of halogens is 1. The van der Waals surface area contributed by atoms with E-state index in [2.05, 4.69) is 25.9 Å². The van der Waals surface area contributed by atoms with Crippen LogP contribution in [-0.4, -0.2) is 17.8 Å². The van der Waals surface area contributed by atoms with Gasteiger partial charge in [0, 0.05) is 22.0 Å². The van der Waals surface area contributed by atoms with E-state index in [1.807, 2.05) is 18.2 Å². The Bertz CT molecular complexity index is 909. The van der Waals surface area contributed by atoms with Crippen molar-refractivity contribution in [2.75, 3.05) is 10.6 Å². The van der Waals surface area contributed by atoms with E-state index < -0.39 is 5.66 Å². The fraction of sp³-hybridized carbons (Fsp3) is 0.0625. The molecule has 0 saturated heterocycles. The molecular formula is C16H13ClN6O. The van der Waals surface area contributed by atoms with Crippen molar-refractivity contribution in [1.29, 1.82) is 0 Å². The summed E-state index contributed by atoms with van der Waals surface area (Å²) in [7, 11) is 0. The number of carbonyl (C=O) groups is 1. The smallest absolute Gasteiger partial charge is 0.280 e. The van der Waals surface area contributed by atoms with Gasteiger partial charge in [0.2, 0.25) is 5.96 Å². The highest BCUT2D eigenvalue weighted by molar-refractivity contribution is 6.31. The number of amides is 1. The molecule has 8 heteroatoms. The van der Waals surface area contributed by atoms with Gasteiger partial charge in [-0.1, -0.05) is 35.9 Å². The van der Waals surface area contributed by atoms with Crippen LogP contribution in [0.25, 0.3) is 0 Å².